The molecule has 3 nitrogen and oxygen atoms in total. The van der Waals surface area contributed by atoms with Crippen LogP contribution in [-0.4, -0.2) is 15.1 Å². The van der Waals surface area contributed by atoms with Gasteiger partial charge in [-0.25, -0.2) is 4.39 Å². The highest BCUT2D eigenvalue weighted by atomic mass is 19.1. The summed E-state index contributed by atoms with van der Waals surface area (Å²) in [5.41, 5.74) is 4.30. The molecule has 2 heterocycles. The van der Waals surface area contributed by atoms with Gasteiger partial charge in [0.2, 0.25) is 0 Å². The number of benzene rings is 2. The summed E-state index contributed by atoms with van der Waals surface area (Å²) >= 11 is 0. The van der Waals surface area contributed by atoms with Gasteiger partial charge >= 0.3 is 0 Å². The third kappa shape index (κ3) is 2.85. The van der Waals surface area contributed by atoms with Gasteiger partial charge in [-0.2, -0.15) is 0 Å². The number of terminal acetylenes is 1. The zero-order valence-corrected chi connectivity index (χ0v) is 13.8. The first-order chi connectivity index (χ1) is 12.7. The van der Waals surface area contributed by atoms with Gasteiger partial charge in [0.05, 0.1) is 17.4 Å². The lowest BCUT2D eigenvalue weighted by atomic mass is 10.0. The van der Waals surface area contributed by atoms with Gasteiger partial charge in [0.1, 0.15) is 11.9 Å². The van der Waals surface area contributed by atoms with Crippen molar-refractivity contribution in [3.63, 3.8) is 0 Å². The summed E-state index contributed by atoms with van der Waals surface area (Å²) in [6, 6.07) is 17.8. The fourth-order valence-electron chi connectivity index (χ4n) is 2.98. The van der Waals surface area contributed by atoms with Crippen molar-refractivity contribution in [1.82, 2.24) is 9.97 Å². The number of hydrogen-bond donors (Lipinski definition) is 2. The minimum atomic E-state index is -0.946. The SMILES string of the molecule is C#CC(O)c1cccc(-c2cc3cc(-c4ccccc4F)[nH]c3cn2)c1. The smallest absolute Gasteiger partial charge is 0.140 e. The molecule has 2 aromatic heterocycles. The van der Waals surface area contributed by atoms with E-state index in [-0.39, 0.29) is 5.82 Å². The highest BCUT2D eigenvalue weighted by molar-refractivity contribution is 5.88. The number of H-pyrrole nitrogens is 1. The first-order valence-corrected chi connectivity index (χ1v) is 8.14. The van der Waals surface area contributed by atoms with Crippen LogP contribution in [-0.2, 0) is 0 Å². The average Bonchev–Trinajstić information content (AvgIpc) is 3.10. The fourth-order valence-corrected chi connectivity index (χ4v) is 2.98. The Morgan fingerprint density at radius 1 is 1.08 bits per heavy atom. The van der Waals surface area contributed by atoms with Crippen molar-refractivity contribution < 1.29 is 9.50 Å². The van der Waals surface area contributed by atoms with Crippen molar-refractivity contribution in [1.29, 1.82) is 0 Å². The molecule has 2 aromatic carbocycles. The molecule has 0 saturated carbocycles. The second-order valence-electron chi connectivity index (χ2n) is 6.01. The summed E-state index contributed by atoms with van der Waals surface area (Å²) in [5, 5.41) is 10.8. The molecular formula is C22H15FN2O. The van der Waals surface area contributed by atoms with Crippen molar-refractivity contribution in [2.24, 2.45) is 0 Å². The third-order valence-electron chi connectivity index (χ3n) is 4.33. The van der Waals surface area contributed by atoms with E-state index in [0.717, 1.165) is 22.2 Å². The Kier molecular flexibility index (Phi) is 4.00. The number of aliphatic hydroxyl groups excluding tert-OH is 1. The number of hydrogen-bond acceptors (Lipinski definition) is 2. The van der Waals surface area contributed by atoms with Gasteiger partial charge in [-0.3, -0.25) is 4.98 Å². The molecule has 4 aromatic rings. The van der Waals surface area contributed by atoms with E-state index in [2.05, 4.69) is 15.9 Å². The van der Waals surface area contributed by atoms with Crippen LogP contribution in [0.3, 0.4) is 0 Å². The number of rotatable bonds is 3. The molecule has 26 heavy (non-hydrogen) atoms. The van der Waals surface area contributed by atoms with E-state index in [9.17, 15) is 9.50 Å². The quantitative estimate of drug-likeness (QED) is 0.530. The number of nitrogens with one attached hydrogen (secondary N) is 1. The van der Waals surface area contributed by atoms with Crippen LogP contribution in [0.4, 0.5) is 4.39 Å². The monoisotopic (exact) mass is 342 g/mol. The molecule has 0 aliphatic heterocycles. The Balaban J connectivity index is 1.77. The standard InChI is InChI=1S/C22H15FN2O/c1-2-22(26)15-7-5-6-14(10-15)19-11-16-12-20(25-21(16)13-24-19)17-8-3-4-9-18(17)23/h1,3-13,22,25-26H. The summed E-state index contributed by atoms with van der Waals surface area (Å²) in [5.74, 6) is 2.04. The normalized spacial score (nSPS) is 12.0. The van der Waals surface area contributed by atoms with E-state index in [1.807, 2.05) is 30.3 Å². The highest BCUT2D eigenvalue weighted by Gasteiger charge is 2.10. The Labute approximate surface area is 150 Å². The Hall–Kier alpha value is -3.42. The third-order valence-corrected chi connectivity index (χ3v) is 4.33. The molecule has 0 spiro atoms. The molecular weight excluding hydrogens is 327 g/mol. The summed E-state index contributed by atoms with van der Waals surface area (Å²) < 4.78 is 14.0. The minimum Gasteiger partial charge on any atom is -0.376 e. The van der Waals surface area contributed by atoms with E-state index < -0.39 is 6.10 Å². The fraction of sp³-hybridized carbons (Fsp3) is 0.0455. The maximum atomic E-state index is 14.0. The van der Waals surface area contributed by atoms with Gasteiger partial charge in [-0.15, -0.1) is 6.42 Å². The maximum absolute atomic E-state index is 14.0. The van der Waals surface area contributed by atoms with Gasteiger partial charge in [0.15, 0.2) is 0 Å². The molecule has 4 rings (SSSR count). The van der Waals surface area contributed by atoms with Crippen LogP contribution in [0.5, 0.6) is 0 Å². The number of pyridine rings is 1. The van der Waals surface area contributed by atoms with Crippen LogP contribution < -0.4 is 0 Å². The lowest BCUT2D eigenvalue weighted by Gasteiger charge is -2.06. The predicted octanol–water partition coefficient (Wildman–Crippen LogP) is 4.70. The number of fused-ring (bicyclic) bond motifs is 1. The Morgan fingerprint density at radius 3 is 2.73 bits per heavy atom. The number of halogens is 1. The Morgan fingerprint density at radius 2 is 1.92 bits per heavy atom. The largest absolute Gasteiger partial charge is 0.376 e. The van der Waals surface area contributed by atoms with Crippen LogP contribution in [0.25, 0.3) is 33.4 Å². The average molecular weight is 342 g/mol. The molecule has 0 saturated heterocycles. The molecule has 0 fully saturated rings. The number of aliphatic hydroxyl groups is 1. The van der Waals surface area contributed by atoms with Crippen molar-refractivity contribution in [2.45, 2.75) is 6.10 Å². The predicted molar refractivity (Wildman–Crippen MR) is 101 cm³/mol. The van der Waals surface area contributed by atoms with Crippen molar-refractivity contribution in [3.8, 4) is 34.9 Å². The molecule has 0 radical (unpaired) electrons. The highest BCUT2D eigenvalue weighted by Crippen LogP contribution is 2.29. The lowest BCUT2D eigenvalue weighted by molar-refractivity contribution is 0.238. The van der Waals surface area contributed by atoms with Gasteiger partial charge < -0.3 is 10.1 Å². The van der Waals surface area contributed by atoms with Crippen molar-refractivity contribution >= 4 is 10.9 Å². The van der Waals surface area contributed by atoms with Crippen LogP contribution in [0.2, 0.25) is 0 Å². The zero-order valence-electron chi connectivity index (χ0n) is 13.8. The molecule has 0 aliphatic carbocycles. The molecule has 1 unspecified atom stereocenters. The summed E-state index contributed by atoms with van der Waals surface area (Å²) in [7, 11) is 0. The number of aromatic nitrogens is 2. The van der Waals surface area contributed by atoms with E-state index >= 15 is 0 Å². The van der Waals surface area contributed by atoms with E-state index in [4.69, 9.17) is 6.42 Å². The molecule has 2 N–H and O–H groups in total. The van der Waals surface area contributed by atoms with Crippen LogP contribution in [0.1, 0.15) is 11.7 Å². The topological polar surface area (TPSA) is 48.9 Å². The van der Waals surface area contributed by atoms with Crippen molar-refractivity contribution in [3.05, 3.63) is 78.2 Å². The molecule has 0 bridgehead atoms. The summed E-state index contributed by atoms with van der Waals surface area (Å²) in [4.78, 5) is 7.68. The first kappa shape index (κ1) is 16.1. The Bertz CT molecular complexity index is 1140. The van der Waals surface area contributed by atoms with Gasteiger partial charge in [-0.1, -0.05) is 36.3 Å². The molecule has 4 heteroatoms. The minimum absolute atomic E-state index is 0.275. The molecule has 1 atom stereocenters. The van der Waals surface area contributed by atoms with E-state index in [0.29, 0.717) is 16.8 Å². The molecule has 0 aliphatic rings. The first-order valence-electron chi connectivity index (χ1n) is 8.14. The number of nitrogens with zero attached hydrogens (tertiary/aromatic N) is 1. The van der Waals surface area contributed by atoms with Gasteiger partial charge in [0, 0.05) is 22.2 Å². The van der Waals surface area contributed by atoms with Crippen LogP contribution in [0, 0.1) is 18.2 Å². The number of aromatic amines is 1. The van der Waals surface area contributed by atoms with Crippen LogP contribution >= 0.6 is 0 Å². The summed E-state index contributed by atoms with van der Waals surface area (Å²) in [6.45, 7) is 0. The van der Waals surface area contributed by atoms with E-state index in [1.54, 1.807) is 30.5 Å². The van der Waals surface area contributed by atoms with Gasteiger partial charge in [0.25, 0.3) is 0 Å². The van der Waals surface area contributed by atoms with Crippen molar-refractivity contribution in [2.75, 3.05) is 0 Å². The molecule has 126 valence electrons. The summed E-state index contributed by atoms with van der Waals surface area (Å²) in [6.07, 6.45) is 6.06. The second-order valence-corrected chi connectivity index (χ2v) is 6.01. The van der Waals surface area contributed by atoms with Crippen LogP contribution in [0.15, 0.2) is 66.9 Å². The van der Waals surface area contributed by atoms with E-state index in [1.165, 1.54) is 6.07 Å². The zero-order chi connectivity index (χ0) is 18.1. The van der Waals surface area contributed by atoms with Gasteiger partial charge in [-0.05, 0) is 35.9 Å². The maximum Gasteiger partial charge on any atom is 0.140 e. The molecule has 0 amide bonds. The lowest BCUT2D eigenvalue weighted by Crippen LogP contribution is -1.93. The second kappa shape index (κ2) is 6.47.